The Labute approximate surface area is 107 Å². The molecule has 18 heavy (non-hydrogen) atoms. The van der Waals surface area contributed by atoms with E-state index in [0.29, 0.717) is 12.6 Å². The summed E-state index contributed by atoms with van der Waals surface area (Å²) < 4.78 is 0. The van der Waals surface area contributed by atoms with Crippen LogP contribution in [0.5, 0.6) is 5.75 Å². The fourth-order valence-corrected chi connectivity index (χ4v) is 2.32. The molecule has 1 saturated heterocycles. The van der Waals surface area contributed by atoms with Crippen molar-refractivity contribution in [3.63, 3.8) is 0 Å². The Kier molecular flexibility index (Phi) is 4.20. The number of amides is 1. The van der Waals surface area contributed by atoms with E-state index >= 15 is 0 Å². The first-order valence-corrected chi connectivity index (χ1v) is 6.44. The number of hydrogen-bond acceptors (Lipinski definition) is 3. The zero-order valence-electron chi connectivity index (χ0n) is 10.6. The third-order valence-electron chi connectivity index (χ3n) is 3.40. The maximum absolute atomic E-state index is 12.0. The first kappa shape index (κ1) is 12.9. The van der Waals surface area contributed by atoms with Gasteiger partial charge in [-0.05, 0) is 44.0 Å². The fraction of sp³-hybridized carbons (Fsp3) is 0.500. The lowest BCUT2D eigenvalue weighted by molar-refractivity contribution is -0.126. The summed E-state index contributed by atoms with van der Waals surface area (Å²) in [4.78, 5) is 12.0. The van der Waals surface area contributed by atoms with Crippen molar-refractivity contribution in [2.45, 2.75) is 32.4 Å². The van der Waals surface area contributed by atoms with E-state index in [0.717, 1.165) is 24.9 Å². The third-order valence-corrected chi connectivity index (χ3v) is 3.40. The van der Waals surface area contributed by atoms with E-state index in [4.69, 9.17) is 0 Å². The van der Waals surface area contributed by atoms with Crippen molar-refractivity contribution in [1.29, 1.82) is 0 Å². The van der Waals surface area contributed by atoms with Crippen LogP contribution in [0.15, 0.2) is 24.3 Å². The number of phenols is 1. The van der Waals surface area contributed by atoms with Crippen molar-refractivity contribution in [3.8, 4) is 5.75 Å². The van der Waals surface area contributed by atoms with E-state index in [-0.39, 0.29) is 17.6 Å². The van der Waals surface area contributed by atoms with Crippen LogP contribution in [0.1, 0.15) is 25.3 Å². The molecule has 0 aromatic heterocycles. The molecule has 2 atom stereocenters. The molecule has 4 heteroatoms. The summed E-state index contributed by atoms with van der Waals surface area (Å²) in [6.07, 6.45) is 1.81. The van der Waals surface area contributed by atoms with Gasteiger partial charge in [-0.1, -0.05) is 12.1 Å². The maximum Gasteiger partial charge on any atom is 0.223 e. The number of carbonyl (C=O) groups excluding carboxylic acids is 1. The van der Waals surface area contributed by atoms with Gasteiger partial charge in [-0.15, -0.1) is 0 Å². The molecule has 1 aromatic carbocycles. The molecule has 0 saturated carbocycles. The quantitative estimate of drug-likeness (QED) is 0.757. The molecule has 0 aliphatic carbocycles. The molecule has 1 aliphatic heterocycles. The lowest BCUT2D eigenvalue weighted by Crippen LogP contribution is -2.42. The molecular weight excluding hydrogens is 228 g/mol. The molecule has 1 heterocycles. The van der Waals surface area contributed by atoms with Gasteiger partial charge in [0.2, 0.25) is 5.91 Å². The standard InChI is InChI=1S/C14H20N2O2/c1-10-8-12(6-7-15-10)14(18)16-9-11-2-4-13(17)5-3-11/h2-5,10,12,15,17H,6-9H2,1H3,(H,16,18). The van der Waals surface area contributed by atoms with E-state index in [9.17, 15) is 9.90 Å². The zero-order valence-corrected chi connectivity index (χ0v) is 10.6. The first-order chi connectivity index (χ1) is 8.65. The van der Waals surface area contributed by atoms with Crippen LogP contribution in [-0.2, 0) is 11.3 Å². The number of rotatable bonds is 3. The Hall–Kier alpha value is -1.55. The van der Waals surface area contributed by atoms with Crippen molar-refractivity contribution in [2.75, 3.05) is 6.54 Å². The van der Waals surface area contributed by atoms with Crippen LogP contribution >= 0.6 is 0 Å². The van der Waals surface area contributed by atoms with E-state index in [1.165, 1.54) is 0 Å². The Morgan fingerprint density at radius 1 is 1.44 bits per heavy atom. The largest absolute Gasteiger partial charge is 0.508 e. The monoisotopic (exact) mass is 248 g/mol. The average molecular weight is 248 g/mol. The van der Waals surface area contributed by atoms with Gasteiger partial charge >= 0.3 is 0 Å². The Morgan fingerprint density at radius 2 is 2.17 bits per heavy atom. The van der Waals surface area contributed by atoms with Gasteiger partial charge in [-0.2, -0.15) is 0 Å². The second kappa shape index (κ2) is 5.87. The normalized spacial score (nSPS) is 23.6. The predicted molar refractivity (Wildman–Crippen MR) is 70.1 cm³/mol. The predicted octanol–water partition coefficient (Wildman–Crippen LogP) is 1.40. The summed E-state index contributed by atoms with van der Waals surface area (Å²) in [5.41, 5.74) is 1.00. The molecule has 3 N–H and O–H groups in total. The van der Waals surface area contributed by atoms with Crippen molar-refractivity contribution in [2.24, 2.45) is 5.92 Å². The fourth-order valence-electron chi connectivity index (χ4n) is 2.32. The maximum atomic E-state index is 12.0. The van der Waals surface area contributed by atoms with Crippen molar-refractivity contribution in [3.05, 3.63) is 29.8 Å². The minimum Gasteiger partial charge on any atom is -0.508 e. The minimum atomic E-state index is 0.123. The molecule has 1 fully saturated rings. The molecule has 0 radical (unpaired) electrons. The highest BCUT2D eigenvalue weighted by molar-refractivity contribution is 5.78. The van der Waals surface area contributed by atoms with Crippen LogP contribution < -0.4 is 10.6 Å². The van der Waals surface area contributed by atoms with E-state index < -0.39 is 0 Å². The molecule has 0 spiro atoms. The Bertz CT molecular complexity index is 403. The summed E-state index contributed by atoms with van der Waals surface area (Å²) in [7, 11) is 0. The molecule has 0 bridgehead atoms. The number of nitrogens with one attached hydrogen (secondary N) is 2. The minimum absolute atomic E-state index is 0.123. The molecule has 4 nitrogen and oxygen atoms in total. The SMILES string of the molecule is CC1CC(C(=O)NCc2ccc(O)cc2)CCN1. The topological polar surface area (TPSA) is 61.4 Å². The van der Waals surface area contributed by atoms with Crippen LogP contribution in [0, 0.1) is 5.92 Å². The molecule has 1 aliphatic rings. The van der Waals surface area contributed by atoms with E-state index in [1.54, 1.807) is 12.1 Å². The smallest absolute Gasteiger partial charge is 0.223 e. The first-order valence-electron chi connectivity index (χ1n) is 6.44. The van der Waals surface area contributed by atoms with Gasteiger partial charge in [0.1, 0.15) is 5.75 Å². The Balaban J connectivity index is 1.82. The number of aromatic hydroxyl groups is 1. The molecule has 98 valence electrons. The van der Waals surface area contributed by atoms with Crippen LogP contribution in [-0.4, -0.2) is 23.6 Å². The summed E-state index contributed by atoms with van der Waals surface area (Å²) in [5.74, 6) is 0.507. The summed E-state index contributed by atoms with van der Waals surface area (Å²) in [6, 6.07) is 7.33. The molecule has 1 aromatic rings. The zero-order chi connectivity index (χ0) is 13.0. The molecule has 2 rings (SSSR count). The summed E-state index contributed by atoms with van der Waals surface area (Å²) >= 11 is 0. The summed E-state index contributed by atoms with van der Waals surface area (Å²) in [5, 5.41) is 15.5. The number of piperidine rings is 1. The number of benzene rings is 1. The van der Waals surface area contributed by atoms with Crippen LogP contribution in [0.25, 0.3) is 0 Å². The van der Waals surface area contributed by atoms with Gasteiger partial charge in [0.15, 0.2) is 0 Å². The lowest BCUT2D eigenvalue weighted by atomic mass is 9.92. The van der Waals surface area contributed by atoms with Crippen molar-refractivity contribution < 1.29 is 9.90 Å². The van der Waals surface area contributed by atoms with Gasteiger partial charge < -0.3 is 15.7 Å². The van der Waals surface area contributed by atoms with Crippen LogP contribution in [0.2, 0.25) is 0 Å². The second-order valence-corrected chi connectivity index (χ2v) is 4.96. The van der Waals surface area contributed by atoms with Crippen molar-refractivity contribution in [1.82, 2.24) is 10.6 Å². The highest BCUT2D eigenvalue weighted by Crippen LogP contribution is 2.16. The number of carbonyl (C=O) groups is 1. The van der Waals surface area contributed by atoms with Crippen molar-refractivity contribution >= 4 is 5.91 Å². The second-order valence-electron chi connectivity index (χ2n) is 4.96. The number of hydrogen-bond donors (Lipinski definition) is 3. The van der Waals surface area contributed by atoms with Crippen LogP contribution in [0.3, 0.4) is 0 Å². The van der Waals surface area contributed by atoms with E-state index in [1.807, 2.05) is 12.1 Å². The molecule has 1 amide bonds. The van der Waals surface area contributed by atoms with Gasteiger partial charge in [0.05, 0.1) is 0 Å². The molecule has 2 unspecified atom stereocenters. The van der Waals surface area contributed by atoms with Gasteiger partial charge in [-0.3, -0.25) is 4.79 Å². The highest BCUT2D eigenvalue weighted by Gasteiger charge is 2.24. The van der Waals surface area contributed by atoms with Crippen LogP contribution in [0.4, 0.5) is 0 Å². The third kappa shape index (κ3) is 3.47. The van der Waals surface area contributed by atoms with Gasteiger partial charge in [0, 0.05) is 18.5 Å². The lowest BCUT2D eigenvalue weighted by Gasteiger charge is -2.27. The summed E-state index contributed by atoms with van der Waals surface area (Å²) in [6.45, 7) is 3.55. The Morgan fingerprint density at radius 3 is 2.83 bits per heavy atom. The van der Waals surface area contributed by atoms with E-state index in [2.05, 4.69) is 17.6 Å². The van der Waals surface area contributed by atoms with Gasteiger partial charge in [0.25, 0.3) is 0 Å². The average Bonchev–Trinajstić information content (AvgIpc) is 2.38. The number of phenolic OH excluding ortho intramolecular Hbond substituents is 1. The highest BCUT2D eigenvalue weighted by atomic mass is 16.3. The van der Waals surface area contributed by atoms with Gasteiger partial charge in [-0.25, -0.2) is 0 Å². The molecular formula is C14H20N2O2.